The van der Waals surface area contributed by atoms with Gasteiger partial charge in [0.1, 0.15) is 0 Å². The van der Waals surface area contributed by atoms with Gasteiger partial charge in [0.15, 0.2) is 6.29 Å². The van der Waals surface area contributed by atoms with Crippen LogP contribution in [0.2, 0.25) is 0 Å². The molecule has 0 amide bonds. The minimum Gasteiger partial charge on any atom is -0.481 e. The molecule has 0 aliphatic heterocycles. The van der Waals surface area contributed by atoms with E-state index in [2.05, 4.69) is 0 Å². The number of hydrogen-bond donors (Lipinski definition) is 1. The normalized spacial score (nSPS) is 13.1. The summed E-state index contributed by atoms with van der Waals surface area (Å²) in [4.78, 5) is 10.3. The zero-order valence-electron chi connectivity index (χ0n) is 9.16. The molecule has 0 saturated heterocycles. The monoisotopic (exact) mass is 204 g/mol. The van der Waals surface area contributed by atoms with Gasteiger partial charge in [0.05, 0.1) is 0 Å². The second kappa shape index (κ2) is 7.76. The molecule has 0 aromatic rings. The Balaban J connectivity index is 3.51. The number of rotatable bonds is 8. The summed E-state index contributed by atoms with van der Waals surface area (Å²) in [6, 6.07) is 0. The van der Waals surface area contributed by atoms with E-state index in [0.717, 1.165) is 19.3 Å². The molecule has 0 bridgehead atoms. The SMILES string of the molecule is COC(CC[C@H](C)CCC(=O)O)OC. The van der Waals surface area contributed by atoms with Crippen molar-refractivity contribution in [1.82, 2.24) is 0 Å². The predicted molar refractivity (Wildman–Crippen MR) is 53.1 cm³/mol. The van der Waals surface area contributed by atoms with Crippen molar-refractivity contribution in [3.05, 3.63) is 0 Å². The molecule has 84 valence electrons. The summed E-state index contributed by atoms with van der Waals surface area (Å²) < 4.78 is 10.1. The number of ether oxygens (including phenoxy) is 2. The third-order valence-electron chi connectivity index (χ3n) is 2.27. The Bertz CT molecular complexity index is 154. The van der Waals surface area contributed by atoms with E-state index in [0.29, 0.717) is 5.92 Å². The van der Waals surface area contributed by atoms with Crippen LogP contribution in [0.4, 0.5) is 0 Å². The Kier molecular flexibility index (Phi) is 7.42. The van der Waals surface area contributed by atoms with Gasteiger partial charge in [-0.3, -0.25) is 4.79 Å². The summed E-state index contributed by atoms with van der Waals surface area (Å²) in [5.41, 5.74) is 0. The second-order valence-electron chi connectivity index (χ2n) is 3.52. The largest absolute Gasteiger partial charge is 0.481 e. The van der Waals surface area contributed by atoms with Crippen molar-refractivity contribution < 1.29 is 19.4 Å². The number of carboxylic acids is 1. The van der Waals surface area contributed by atoms with Crippen LogP contribution in [0.3, 0.4) is 0 Å². The van der Waals surface area contributed by atoms with Gasteiger partial charge in [-0.2, -0.15) is 0 Å². The molecule has 0 spiro atoms. The van der Waals surface area contributed by atoms with Gasteiger partial charge >= 0.3 is 5.97 Å². The molecule has 0 unspecified atom stereocenters. The molecule has 0 aliphatic rings. The van der Waals surface area contributed by atoms with Crippen molar-refractivity contribution in [2.75, 3.05) is 14.2 Å². The molecule has 1 atom stereocenters. The molecule has 4 heteroatoms. The van der Waals surface area contributed by atoms with Crippen molar-refractivity contribution in [2.24, 2.45) is 5.92 Å². The number of carboxylic acid groups (broad SMARTS) is 1. The van der Waals surface area contributed by atoms with Crippen LogP contribution in [-0.2, 0) is 14.3 Å². The Labute approximate surface area is 85.2 Å². The second-order valence-corrected chi connectivity index (χ2v) is 3.52. The van der Waals surface area contributed by atoms with Crippen LogP contribution in [0.1, 0.15) is 32.6 Å². The zero-order chi connectivity index (χ0) is 11.0. The van der Waals surface area contributed by atoms with Crippen LogP contribution < -0.4 is 0 Å². The van der Waals surface area contributed by atoms with Crippen molar-refractivity contribution in [2.45, 2.75) is 38.9 Å². The van der Waals surface area contributed by atoms with E-state index in [1.807, 2.05) is 6.92 Å². The van der Waals surface area contributed by atoms with Gasteiger partial charge in [-0.05, 0) is 25.2 Å². The fourth-order valence-corrected chi connectivity index (χ4v) is 1.27. The van der Waals surface area contributed by atoms with Gasteiger partial charge in [0.2, 0.25) is 0 Å². The van der Waals surface area contributed by atoms with Crippen LogP contribution in [-0.4, -0.2) is 31.6 Å². The molecule has 14 heavy (non-hydrogen) atoms. The highest BCUT2D eigenvalue weighted by Gasteiger charge is 2.10. The standard InChI is InChI=1S/C10H20O4/c1-8(4-6-9(11)12)5-7-10(13-2)14-3/h8,10H,4-7H2,1-3H3,(H,11,12)/t8-/m1/s1. The summed E-state index contributed by atoms with van der Waals surface area (Å²) in [5.74, 6) is -0.328. The topological polar surface area (TPSA) is 55.8 Å². The van der Waals surface area contributed by atoms with Gasteiger partial charge in [0.25, 0.3) is 0 Å². The third-order valence-corrected chi connectivity index (χ3v) is 2.27. The quantitative estimate of drug-likeness (QED) is 0.613. The molecule has 0 aliphatic carbocycles. The van der Waals surface area contributed by atoms with Gasteiger partial charge in [-0.1, -0.05) is 6.92 Å². The molecule has 0 aromatic carbocycles. The van der Waals surface area contributed by atoms with Crippen molar-refractivity contribution in [1.29, 1.82) is 0 Å². The first-order valence-electron chi connectivity index (χ1n) is 4.87. The number of aliphatic carboxylic acids is 1. The summed E-state index contributed by atoms with van der Waals surface area (Å²) >= 11 is 0. The molecule has 0 heterocycles. The first kappa shape index (κ1) is 13.4. The fraction of sp³-hybridized carbons (Fsp3) is 0.900. The Morgan fingerprint density at radius 2 is 1.79 bits per heavy atom. The molecular weight excluding hydrogens is 184 g/mol. The Hall–Kier alpha value is -0.610. The van der Waals surface area contributed by atoms with Crippen LogP contribution in [0.25, 0.3) is 0 Å². The predicted octanol–water partition coefficient (Wildman–Crippen LogP) is 1.89. The van der Waals surface area contributed by atoms with Gasteiger partial charge in [0, 0.05) is 20.6 Å². The summed E-state index contributed by atoms with van der Waals surface area (Å²) in [6.45, 7) is 2.05. The van der Waals surface area contributed by atoms with Crippen molar-refractivity contribution in [3.63, 3.8) is 0 Å². The fourth-order valence-electron chi connectivity index (χ4n) is 1.27. The van der Waals surface area contributed by atoms with Gasteiger partial charge in [-0.15, -0.1) is 0 Å². The van der Waals surface area contributed by atoms with E-state index >= 15 is 0 Å². The zero-order valence-corrected chi connectivity index (χ0v) is 9.16. The average molecular weight is 204 g/mol. The van der Waals surface area contributed by atoms with Crippen LogP contribution in [0.15, 0.2) is 0 Å². The van der Waals surface area contributed by atoms with Crippen molar-refractivity contribution in [3.8, 4) is 0 Å². The summed E-state index contributed by atoms with van der Waals surface area (Å²) in [7, 11) is 3.21. The van der Waals surface area contributed by atoms with Crippen molar-refractivity contribution >= 4 is 5.97 Å². The Morgan fingerprint density at radius 1 is 1.21 bits per heavy atom. The van der Waals surface area contributed by atoms with Crippen LogP contribution in [0, 0.1) is 5.92 Å². The lowest BCUT2D eigenvalue weighted by atomic mass is 10.00. The molecule has 0 saturated carbocycles. The lowest BCUT2D eigenvalue weighted by molar-refractivity contribution is -0.137. The number of methoxy groups -OCH3 is 2. The van der Waals surface area contributed by atoms with Crippen LogP contribution in [0.5, 0.6) is 0 Å². The number of carbonyl (C=O) groups is 1. The van der Waals surface area contributed by atoms with E-state index in [-0.39, 0.29) is 12.7 Å². The molecular formula is C10H20O4. The first-order chi connectivity index (χ1) is 6.60. The highest BCUT2D eigenvalue weighted by Crippen LogP contribution is 2.15. The highest BCUT2D eigenvalue weighted by atomic mass is 16.7. The molecule has 0 radical (unpaired) electrons. The summed E-state index contributed by atoms with van der Waals surface area (Å²) in [6.07, 6.45) is 2.54. The molecule has 0 aromatic heterocycles. The maximum Gasteiger partial charge on any atom is 0.303 e. The molecule has 0 fully saturated rings. The van der Waals surface area contributed by atoms with Gasteiger partial charge < -0.3 is 14.6 Å². The molecule has 4 nitrogen and oxygen atoms in total. The molecule has 1 N–H and O–H groups in total. The minimum absolute atomic E-state index is 0.165. The van der Waals surface area contributed by atoms with E-state index in [4.69, 9.17) is 14.6 Å². The lowest BCUT2D eigenvalue weighted by Crippen LogP contribution is -2.14. The van der Waals surface area contributed by atoms with E-state index in [1.165, 1.54) is 0 Å². The number of hydrogen-bond acceptors (Lipinski definition) is 3. The summed E-state index contributed by atoms with van der Waals surface area (Å²) in [5, 5.41) is 8.48. The average Bonchev–Trinajstić information content (AvgIpc) is 2.16. The van der Waals surface area contributed by atoms with Gasteiger partial charge in [-0.25, -0.2) is 0 Å². The van der Waals surface area contributed by atoms with E-state index in [9.17, 15) is 4.79 Å². The highest BCUT2D eigenvalue weighted by molar-refractivity contribution is 5.66. The van der Waals surface area contributed by atoms with E-state index in [1.54, 1.807) is 14.2 Å². The maximum atomic E-state index is 10.3. The first-order valence-corrected chi connectivity index (χ1v) is 4.87. The maximum absolute atomic E-state index is 10.3. The smallest absolute Gasteiger partial charge is 0.303 e. The van der Waals surface area contributed by atoms with E-state index < -0.39 is 5.97 Å². The third kappa shape index (κ3) is 6.86. The van der Waals surface area contributed by atoms with Crippen LogP contribution >= 0.6 is 0 Å². The molecule has 0 rings (SSSR count). The lowest BCUT2D eigenvalue weighted by Gasteiger charge is -2.15. The Morgan fingerprint density at radius 3 is 2.21 bits per heavy atom. The minimum atomic E-state index is -0.730.